The highest BCUT2D eigenvalue weighted by Crippen LogP contribution is 2.27. The first-order valence-corrected chi connectivity index (χ1v) is 7.33. The molecule has 0 saturated carbocycles. The molecule has 8 heteroatoms. The Morgan fingerprint density at radius 2 is 1.76 bits per heavy atom. The van der Waals surface area contributed by atoms with Gasteiger partial charge < -0.3 is 9.25 Å². The van der Waals surface area contributed by atoms with E-state index in [1.807, 2.05) is 0 Å². The minimum absolute atomic E-state index is 0.121. The number of hydroxylamine groups is 2. The number of aryl methyl sites for hydroxylation is 1. The lowest BCUT2D eigenvalue weighted by molar-refractivity contribution is -0.0602. The second kappa shape index (κ2) is 5.45. The van der Waals surface area contributed by atoms with Crippen LogP contribution in [0, 0.1) is 0 Å². The van der Waals surface area contributed by atoms with Crippen LogP contribution in [0.2, 0.25) is 0 Å². The first kappa shape index (κ1) is 14.9. The molecule has 3 aromatic rings. The second-order valence-corrected chi connectivity index (χ2v) is 5.40. The molecule has 0 saturated heterocycles. The van der Waals surface area contributed by atoms with Gasteiger partial charge in [-0.1, -0.05) is 17.2 Å². The molecule has 0 fully saturated rings. The van der Waals surface area contributed by atoms with Gasteiger partial charge in [0.1, 0.15) is 0 Å². The summed E-state index contributed by atoms with van der Waals surface area (Å²) in [6.45, 7) is 0. The van der Waals surface area contributed by atoms with Crippen molar-refractivity contribution >= 4 is 17.8 Å². The quantitative estimate of drug-likeness (QED) is 0.679. The van der Waals surface area contributed by atoms with Gasteiger partial charge in [-0.05, 0) is 18.2 Å². The highest BCUT2D eigenvalue weighted by Gasteiger charge is 2.39. The van der Waals surface area contributed by atoms with Crippen LogP contribution in [0.1, 0.15) is 31.3 Å². The van der Waals surface area contributed by atoms with Gasteiger partial charge in [-0.3, -0.25) is 14.3 Å². The van der Waals surface area contributed by atoms with Crippen LogP contribution in [0.15, 0.2) is 53.4 Å². The normalized spacial score (nSPS) is 13.2. The highest BCUT2D eigenvalue weighted by molar-refractivity contribution is 6.21. The van der Waals surface area contributed by atoms with E-state index >= 15 is 0 Å². The van der Waals surface area contributed by atoms with E-state index in [0.29, 0.717) is 16.2 Å². The number of fused-ring (bicyclic) bond motifs is 1. The van der Waals surface area contributed by atoms with Crippen molar-refractivity contribution in [3.8, 4) is 11.1 Å². The first-order valence-electron chi connectivity index (χ1n) is 7.33. The Morgan fingerprint density at radius 1 is 1.08 bits per heavy atom. The monoisotopic (exact) mass is 337 g/mol. The maximum atomic E-state index is 12.4. The molecule has 0 spiro atoms. The summed E-state index contributed by atoms with van der Waals surface area (Å²) in [5.74, 6) is -2.45. The zero-order valence-corrected chi connectivity index (χ0v) is 13.0. The Kier molecular flexibility index (Phi) is 3.24. The van der Waals surface area contributed by atoms with Gasteiger partial charge in [0.05, 0.1) is 23.6 Å². The van der Waals surface area contributed by atoms with Crippen molar-refractivity contribution in [3.05, 3.63) is 65.9 Å². The molecule has 1 aromatic carbocycles. The fraction of sp³-hybridized carbons (Fsp3) is 0.0588. The van der Waals surface area contributed by atoms with Crippen LogP contribution >= 0.6 is 0 Å². The molecule has 2 amide bonds. The number of carbonyl (C=O) groups excluding carboxylic acids is 3. The molecule has 1 aliphatic rings. The van der Waals surface area contributed by atoms with E-state index in [1.165, 1.54) is 18.4 Å². The van der Waals surface area contributed by atoms with Crippen molar-refractivity contribution in [1.82, 2.24) is 14.8 Å². The lowest BCUT2D eigenvalue weighted by Crippen LogP contribution is -2.32. The van der Waals surface area contributed by atoms with Crippen LogP contribution in [0.3, 0.4) is 0 Å². The number of amides is 2. The molecule has 3 heterocycles. The lowest BCUT2D eigenvalue weighted by Gasteiger charge is -2.12. The van der Waals surface area contributed by atoms with Crippen LogP contribution in [0.4, 0.5) is 0 Å². The number of rotatable bonds is 3. The van der Waals surface area contributed by atoms with Crippen LogP contribution in [0.25, 0.3) is 11.1 Å². The van der Waals surface area contributed by atoms with Gasteiger partial charge in [-0.2, -0.15) is 5.10 Å². The van der Waals surface area contributed by atoms with Gasteiger partial charge in [-0.15, -0.1) is 0 Å². The average molecular weight is 337 g/mol. The number of carbonyl (C=O) groups is 3. The minimum Gasteiger partial charge on any atom is -0.457 e. The molecule has 0 bridgehead atoms. The molecule has 1 aliphatic heterocycles. The van der Waals surface area contributed by atoms with Crippen molar-refractivity contribution in [2.24, 2.45) is 7.05 Å². The van der Waals surface area contributed by atoms with E-state index in [0.717, 1.165) is 0 Å². The van der Waals surface area contributed by atoms with Gasteiger partial charge in [0, 0.05) is 24.4 Å². The maximum Gasteiger partial charge on any atom is 0.399 e. The minimum atomic E-state index is -0.946. The summed E-state index contributed by atoms with van der Waals surface area (Å²) in [4.78, 5) is 41.9. The fourth-order valence-electron chi connectivity index (χ4n) is 2.63. The van der Waals surface area contributed by atoms with Crippen molar-refractivity contribution < 1.29 is 23.6 Å². The Balaban J connectivity index is 1.61. The largest absolute Gasteiger partial charge is 0.457 e. The van der Waals surface area contributed by atoms with Crippen molar-refractivity contribution in [1.29, 1.82) is 0 Å². The summed E-state index contributed by atoms with van der Waals surface area (Å²) in [6, 6.07) is 7.83. The van der Waals surface area contributed by atoms with Crippen molar-refractivity contribution in [2.45, 2.75) is 0 Å². The standard InChI is InChI=1S/C17H11N3O5/c1-19-9-10(8-18-19)11-6-7-24-14(11)17(23)25-20-15(21)12-4-2-3-5-13(12)16(20)22/h2-9H,1H3. The number of hydrogen-bond acceptors (Lipinski definition) is 6. The molecule has 8 nitrogen and oxygen atoms in total. The molecular weight excluding hydrogens is 326 g/mol. The first-order chi connectivity index (χ1) is 12.1. The van der Waals surface area contributed by atoms with Crippen LogP contribution < -0.4 is 0 Å². The third-order valence-electron chi connectivity index (χ3n) is 3.80. The van der Waals surface area contributed by atoms with E-state index in [-0.39, 0.29) is 16.9 Å². The number of imide groups is 1. The third kappa shape index (κ3) is 2.31. The van der Waals surface area contributed by atoms with Gasteiger partial charge in [-0.25, -0.2) is 4.79 Å². The topological polar surface area (TPSA) is 94.6 Å². The third-order valence-corrected chi connectivity index (χ3v) is 3.80. The molecule has 124 valence electrons. The SMILES string of the molecule is Cn1cc(-c2ccoc2C(=O)ON2C(=O)c3ccccc3C2=O)cn1. The summed E-state index contributed by atoms with van der Waals surface area (Å²) in [6.07, 6.45) is 4.58. The second-order valence-electron chi connectivity index (χ2n) is 5.40. The molecule has 25 heavy (non-hydrogen) atoms. The number of nitrogens with zero attached hydrogens (tertiary/aromatic N) is 3. The van der Waals surface area contributed by atoms with Gasteiger partial charge >= 0.3 is 5.97 Å². The summed E-state index contributed by atoms with van der Waals surface area (Å²) < 4.78 is 6.76. The summed E-state index contributed by atoms with van der Waals surface area (Å²) in [5.41, 5.74) is 1.47. The molecule has 0 aliphatic carbocycles. The van der Waals surface area contributed by atoms with Crippen LogP contribution in [-0.4, -0.2) is 32.6 Å². The zero-order valence-electron chi connectivity index (χ0n) is 13.0. The van der Waals surface area contributed by atoms with E-state index in [2.05, 4.69) is 5.10 Å². The Hall–Kier alpha value is -3.68. The van der Waals surface area contributed by atoms with Gasteiger partial charge in [0.15, 0.2) is 0 Å². The van der Waals surface area contributed by atoms with Crippen molar-refractivity contribution in [3.63, 3.8) is 0 Å². The van der Waals surface area contributed by atoms with E-state index in [9.17, 15) is 14.4 Å². The summed E-state index contributed by atoms with van der Waals surface area (Å²) in [5, 5.41) is 4.48. The number of furan rings is 1. The Bertz CT molecular complexity index is 982. The van der Waals surface area contributed by atoms with Gasteiger partial charge in [0.25, 0.3) is 11.8 Å². The summed E-state index contributed by atoms with van der Waals surface area (Å²) >= 11 is 0. The van der Waals surface area contributed by atoms with Gasteiger partial charge in [0.2, 0.25) is 5.76 Å². The van der Waals surface area contributed by atoms with Crippen LogP contribution in [-0.2, 0) is 11.9 Å². The Labute approximate surface area is 141 Å². The predicted octanol–water partition coefficient (Wildman–Crippen LogP) is 2.05. The van der Waals surface area contributed by atoms with E-state index in [1.54, 1.807) is 42.3 Å². The lowest BCUT2D eigenvalue weighted by atomic mass is 10.1. The smallest absolute Gasteiger partial charge is 0.399 e. The van der Waals surface area contributed by atoms with Crippen molar-refractivity contribution in [2.75, 3.05) is 0 Å². The number of benzene rings is 1. The van der Waals surface area contributed by atoms with Crippen LogP contribution in [0.5, 0.6) is 0 Å². The van der Waals surface area contributed by atoms with E-state index < -0.39 is 17.8 Å². The molecule has 0 atom stereocenters. The molecule has 0 unspecified atom stereocenters. The molecule has 2 aromatic heterocycles. The highest BCUT2D eigenvalue weighted by atomic mass is 16.7. The fourth-order valence-corrected chi connectivity index (χ4v) is 2.63. The Morgan fingerprint density at radius 3 is 2.36 bits per heavy atom. The molecular formula is C17H11N3O5. The van der Waals surface area contributed by atoms with E-state index in [4.69, 9.17) is 9.25 Å². The number of aromatic nitrogens is 2. The number of hydrogen-bond donors (Lipinski definition) is 0. The molecule has 0 N–H and O–H groups in total. The zero-order chi connectivity index (χ0) is 17.6. The average Bonchev–Trinajstić information content (AvgIpc) is 3.31. The molecule has 0 radical (unpaired) electrons. The predicted molar refractivity (Wildman–Crippen MR) is 83.3 cm³/mol. The summed E-state index contributed by atoms with van der Waals surface area (Å²) in [7, 11) is 1.74. The molecule has 4 rings (SSSR count). The maximum absolute atomic E-state index is 12.4.